The Morgan fingerprint density at radius 1 is 1.33 bits per heavy atom. The zero-order valence-corrected chi connectivity index (χ0v) is 12.3. The van der Waals surface area contributed by atoms with Crippen molar-refractivity contribution in [2.24, 2.45) is 0 Å². The van der Waals surface area contributed by atoms with Crippen LogP contribution in [0.15, 0.2) is 18.2 Å². The Morgan fingerprint density at radius 3 is 2.50 bits per heavy atom. The molecule has 0 spiro atoms. The van der Waals surface area contributed by atoms with Gasteiger partial charge in [-0.3, -0.25) is 4.79 Å². The van der Waals surface area contributed by atoms with Gasteiger partial charge in [0.05, 0.1) is 12.0 Å². The van der Waals surface area contributed by atoms with Crippen molar-refractivity contribution in [3.63, 3.8) is 0 Å². The van der Waals surface area contributed by atoms with Crippen LogP contribution in [-0.4, -0.2) is 17.8 Å². The van der Waals surface area contributed by atoms with Crippen LogP contribution >= 0.6 is 11.6 Å². The lowest BCUT2D eigenvalue weighted by Crippen LogP contribution is -2.11. The molecule has 2 nitrogen and oxygen atoms in total. The zero-order valence-electron chi connectivity index (χ0n) is 11.5. The quantitative estimate of drug-likeness (QED) is 0.564. The number of carbonyl (C=O) groups excluding carboxylic acids is 1. The molecule has 0 saturated carbocycles. The average molecular weight is 269 g/mol. The molecule has 1 aromatic carbocycles. The molecule has 0 bridgehead atoms. The fourth-order valence-corrected chi connectivity index (χ4v) is 1.85. The van der Waals surface area contributed by atoms with Crippen molar-refractivity contribution in [2.45, 2.75) is 45.4 Å². The topological polar surface area (TPSA) is 26.3 Å². The van der Waals surface area contributed by atoms with Crippen LogP contribution in [0.25, 0.3) is 0 Å². The molecule has 0 heterocycles. The predicted molar refractivity (Wildman–Crippen MR) is 76.0 cm³/mol. The Bertz CT molecular complexity index is 411. The van der Waals surface area contributed by atoms with Crippen molar-refractivity contribution >= 4 is 17.4 Å². The van der Waals surface area contributed by atoms with Gasteiger partial charge in [-0.2, -0.15) is 0 Å². The second kappa shape index (κ2) is 6.79. The highest BCUT2D eigenvalue weighted by Crippen LogP contribution is 2.28. The number of hydrogen-bond acceptors (Lipinski definition) is 2. The van der Waals surface area contributed by atoms with E-state index in [2.05, 4.69) is 20.8 Å². The molecule has 0 N–H and O–H groups in total. The summed E-state index contributed by atoms with van der Waals surface area (Å²) in [6.07, 6.45) is 0.969. The molecule has 1 rings (SSSR count). The van der Waals surface area contributed by atoms with Crippen molar-refractivity contribution < 1.29 is 9.53 Å². The summed E-state index contributed by atoms with van der Waals surface area (Å²) in [4.78, 5) is 11.9. The Labute approximate surface area is 114 Å². The second-order valence-corrected chi connectivity index (χ2v) is 5.39. The number of ketones is 1. The van der Waals surface area contributed by atoms with E-state index in [1.807, 2.05) is 12.1 Å². The van der Waals surface area contributed by atoms with Crippen molar-refractivity contribution in [3.05, 3.63) is 29.3 Å². The van der Waals surface area contributed by atoms with Gasteiger partial charge in [0.15, 0.2) is 5.78 Å². The summed E-state index contributed by atoms with van der Waals surface area (Å²) in [5.41, 5.74) is 1.72. The third kappa shape index (κ3) is 3.74. The number of halogens is 1. The molecule has 0 radical (unpaired) electrons. The van der Waals surface area contributed by atoms with Crippen LogP contribution < -0.4 is 4.74 Å². The number of Topliss-reactive ketones (excluding diaryl/α,β-unsaturated/α-hetero) is 1. The monoisotopic (exact) mass is 268 g/mol. The van der Waals surface area contributed by atoms with E-state index >= 15 is 0 Å². The van der Waals surface area contributed by atoms with Gasteiger partial charge < -0.3 is 4.74 Å². The summed E-state index contributed by atoms with van der Waals surface area (Å²) in [5.74, 6) is 1.14. The van der Waals surface area contributed by atoms with Gasteiger partial charge in [0.25, 0.3) is 0 Å². The van der Waals surface area contributed by atoms with Crippen LogP contribution in [0, 0.1) is 0 Å². The third-order valence-corrected chi connectivity index (χ3v) is 2.94. The first-order chi connectivity index (χ1) is 8.47. The molecule has 0 aliphatic heterocycles. The molecule has 1 aromatic rings. The molecule has 0 fully saturated rings. The molecule has 1 unspecified atom stereocenters. The molecule has 0 aromatic heterocycles. The summed E-state index contributed by atoms with van der Waals surface area (Å²) in [6.45, 7) is 8.64. The van der Waals surface area contributed by atoms with Gasteiger partial charge in [-0.1, -0.05) is 20.8 Å². The van der Waals surface area contributed by atoms with E-state index in [1.165, 1.54) is 0 Å². The van der Waals surface area contributed by atoms with E-state index in [1.54, 1.807) is 13.0 Å². The van der Waals surface area contributed by atoms with Crippen LogP contribution in [0.2, 0.25) is 0 Å². The van der Waals surface area contributed by atoms with Crippen molar-refractivity contribution in [1.82, 2.24) is 0 Å². The highest BCUT2D eigenvalue weighted by molar-refractivity contribution is 6.33. The molecule has 0 aliphatic rings. The summed E-state index contributed by atoms with van der Waals surface area (Å²) in [5, 5.41) is -0.493. The predicted octanol–water partition coefficient (Wildman–Crippen LogP) is 4.41. The molecule has 18 heavy (non-hydrogen) atoms. The maximum absolute atomic E-state index is 11.9. The average Bonchev–Trinajstić information content (AvgIpc) is 2.34. The largest absolute Gasteiger partial charge is 0.493 e. The number of alkyl halides is 1. The Hall–Kier alpha value is -1.02. The highest BCUT2D eigenvalue weighted by atomic mass is 35.5. The Kier molecular flexibility index (Phi) is 5.67. The van der Waals surface area contributed by atoms with E-state index in [0.29, 0.717) is 18.1 Å². The van der Waals surface area contributed by atoms with Gasteiger partial charge in [0, 0.05) is 5.56 Å². The Balaban J connectivity index is 3.07. The second-order valence-electron chi connectivity index (χ2n) is 4.74. The summed E-state index contributed by atoms with van der Waals surface area (Å²) < 4.78 is 5.70. The molecule has 0 aliphatic carbocycles. The lowest BCUT2D eigenvalue weighted by Gasteiger charge is -2.15. The molecular weight excluding hydrogens is 248 g/mol. The van der Waals surface area contributed by atoms with Crippen LogP contribution in [0.4, 0.5) is 0 Å². The van der Waals surface area contributed by atoms with Crippen molar-refractivity contribution in [2.75, 3.05) is 6.61 Å². The van der Waals surface area contributed by atoms with Crippen molar-refractivity contribution in [1.29, 1.82) is 0 Å². The molecule has 3 heteroatoms. The van der Waals surface area contributed by atoms with E-state index in [4.69, 9.17) is 16.3 Å². The van der Waals surface area contributed by atoms with Crippen LogP contribution in [0.1, 0.15) is 56.0 Å². The maximum atomic E-state index is 11.9. The highest BCUT2D eigenvalue weighted by Gasteiger charge is 2.16. The van der Waals surface area contributed by atoms with Gasteiger partial charge in [-0.05, 0) is 43.0 Å². The van der Waals surface area contributed by atoms with Gasteiger partial charge in [0.2, 0.25) is 0 Å². The fourth-order valence-electron chi connectivity index (χ4n) is 1.73. The number of ether oxygens (including phenoxy) is 1. The van der Waals surface area contributed by atoms with Gasteiger partial charge in [-0.15, -0.1) is 11.6 Å². The minimum Gasteiger partial charge on any atom is -0.493 e. The smallest absolute Gasteiger partial charge is 0.180 e. The van der Waals surface area contributed by atoms with E-state index in [-0.39, 0.29) is 5.78 Å². The lowest BCUT2D eigenvalue weighted by molar-refractivity contribution is 0.0991. The lowest BCUT2D eigenvalue weighted by atomic mass is 9.97. The minimum absolute atomic E-state index is 0.0411. The van der Waals surface area contributed by atoms with Crippen molar-refractivity contribution in [3.8, 4) is 5.75 Å². The number of carbonyl (C=O) groups is 1. The molecule has 100 valence electrons. The van der Waals surface area contributed by atoms with Crippen LogP contribution in [-0.2, 0) is 0 Å². The maximum Gasteiger partial charge on any atom is 0.180 e. The molecule has 0 amide bonds. The van der Waals surface area contributed by atoms with E-state index in [0.717, 1.165) is 17.7 Å². The third-order valence-electron chi connectivity index (χ3n) is 2.74. The standard InChI is InChI=1S/C15H21ClO2/c1-5-8-18-14-7-6-12(15(17)11(4)16)9-13(14)10(2)3/h6-7,9-11H,5,8H2,1-4H3. The van der Waals surface area contributed by atoms with Crippen LogP contribution in [0.3, 0.4) is 0 Å². The molecule has 1 atom stereocenters. The van der Waals surface area contributed by atoms with Crippen LogP contribution in [0.5, 0.6) is 5.75 Å². The van der Waals surface area contributed by atoms with Gasteiger partial charge >= 0.3 is 0 Å². The number of benzene rings is 1. The van der Waals surface area contributed by atoms with E-state index < -0.39 is 5.38 Å². The van der Waals surface area contributed by atoms with Gasteiger partial charge in [-0.25, -0.2) is 0 Å². The minimum atomic E-state index is -0.493. The Morgan fingerprint density at radius 2 is 2.00 bits per heavy atom. The molecular formula is C15H21ClO2. The number of rotatable bonds is 6. The van der Waals surface area contributed by atoms with Gasteiger partial charge in [0.1, 0.15) is 5.75 Å². The normalized spacial score (nSPS) is 12.6. The summed E-state index contributed by atoms with van der Waals surface area (Å²) >= 11 is 5.84. The van der Waals surface area contributed by atoms with E-state index in [9.17, 15) is 4.79 Å². The first-order valence-corrected chi connectivity index (χ1v) is 6.86. The number of hydrogen-bond donors (Lipinski definition) is 0. The summed E-state index contributed by atoms with van der Waals surface area (Å²) in [7, 11) is 0. The first-order valence-electron chi connectivity index (χ1n) is 6.42. The summed E-state index contributed by atoms with van der Waals surface area (Å²) in [6, 6.07) is 5.56. The fraction of sp³-hybridized carbons (Fsp3) is 0.533. The first kappa shape index (κ1) is 15.0. The molecule has 0 saturated heterocycles. The SMILES string of the molecule is CCCOc1ccc(C(=O)C(C)Cl)cc1C(C)C. The zero-order chi connectivity index (χ0) is 13.7.